The number of likely N-dealkylation sites (tertiary alicyclic amines) is 2. The number of fused-ring (bicyclic) bond motifs is 1. The van der Waals surface area contributed by atoms with Gasteiger partial charge in [-0.25, -0.2) is 0 Å². The molecule has 3 aliphatic heterocycles. The highest BCUT2D eigenvalue weighted by Gasteiger charge is 2.32. The second kappa shape index (κ2) is 10.4. The van der Waals surface area contributed by atoms with Crippen molar-refractivity contribution in [3.05, 3.63) is 42.1 Å². The first kappa shape index (κ1) is 23.7. The lowest BCUT2D eigenvalue weighted by molar-refractivity contribution is -0.125. The van der Waals surface area contributed by atoms with Crippen molar-refractivity contribution >= 4 is 16.6 Å². The fourth-order valence-electron chi connectivity index (χ4n) is 5.86. The van der Waals surface area contributed by atoms with Crippen LogP contribution in [0.4, 0.5) is 0 Å². The Morgan fingerprint density at radius 3 is 2.50 bits per heavy atom. The molecule has 3 aromatic heterocycles. The summed E-state index contributed by atoms with van der Waals surface area (Å²) in [5.74, 6) is 0.456. The lowest BCUT2D eigenvalue weighted by atomic mass is 9.89. The number of pyridine rings is 2. The van der Waals surface area contributed by atoms with Crippen LogP contribution in [0.3, 0.4) is 0 Å². The lowest BCUT2D eigenvalue weighted by Gasteiger charge is -2.41. The zero-order valence-corrected chi connectivity index (χ0v) is 21.2. The number of aromatic nitrogens is 4. The van der Waals surface area contributed by atoms with Gasteiger partial charge in [0, 0.05) is 55.0 Å². The van der Waals surface area contributed by atoms with Gasteiger partial charge in [-0.2, -0.15) is 5.10 Å². The molecular weight excluding hydrogens is 452 g/mol. The molecule has 6 heterocycles. The monoisotopic (exact) mass is 488 g/mol. The number of rotatable bonds is 7. The van der Waals surface area contributed by atoms with Crippen molar-refractivity contribution in [1.29, 1.82) is 0 Å². The van der Waals surface area contributed by atoms with Crippen LogP contribution < -0.4 is 0 Å². The van der Waals surface area contributed by atoms with Crippen LogP contribution in [-0.2, 0) is 29.5 Å². The summed E-state index contributed by atoms with van der Waals surface area (Å²) in [5, 5.41) is 6.62. The predicted molar refractivity (Wildman–Crippen MR) is 138 cm³/mol. The summed E-state index contributed by atoms with van der Waals surface area (Å²) < 4.78 is 7.31. The highest BCUT2D eigenvalue weighted by molar-refractivity contribution is 5.87. The molecule has 0 bridgehead atoms. The van der Waals surface area contributed by atoms with Gasteiger partial charge in [0.1, 0.15) is 5.78 Å². The molecule has 3 aliphatic rings. The van der Waals surface area contributed by atoms with Gasteiger partial charge in [0.25, 0.3) is 0 Å². The summed E-state index contributed by atoms with van der Waals surface area (Å²) in [5.41, 5.74) is 4.06. The van der Waals surface area contributed by atoms with E-state index in [4.69, 9.17) is 9.72 Å². The summed E-state index contributed by atoms with van der Waals surface area (Å²) >= 11 is 0. The van der Waals surface area contributed by atoms with Crippen LogP contribution in [0.15, 0.2) is 30.7 Å². The number of ether oxygens (including phenoxy) is 1. The van der Waals surface area contributed by atoms with Crippen LogP contribution in [-0.4, -0.2) is 80.8 Å². The first-order valence-electron chi connectivity index (χ1n) is 13.5. The molecule has 3 fully saturated rings. The minimum Gasteiger partial charge on any atom is -0.378 e. The maximum absolute atomic E-state index is 13.1. The second-order valence-electron chi connectivity index (χ2n) is 10.7. The first-order valence-corrected chi connectivity index (χ1v) is 13.5. The fraction of sp³-hybridized carbons (Fsp3) is 0.571. The van der Waals surface area contributed by atoms with Crippen LogP contribution in [0, 0.1) is 5.92 Å². The third-order valence-corrected chi connectivity index (χ3v) is 8.30. The van der Waals surface area contributed by atoms with E-state index in [0.29, 0.717) is 18.2 Å². The standard InChI is InChI=1S/C28H36N6O2/c1-32-27(17-33-7-3-2-4-8-33)25(16-31-32)26-12-21-11-23(29-14-22(21)15-30-26)13-28(35)20-5-9-34(10-6-20)24-18-36-19-24/h11-12,14-16,20,24H,2-10,13,17-19H2,1H3. The molecular formula is C28H36N6O2. The molecule has 0 unspecified atom stereocenters. The van der Waals surface area contributed by atoms with Crippen LogP contribution in [0.2, 0.25) is 0 Å². The molecule has 0 spiro atoms. The molecule has 0 amide bonds. The van der Waals surface area contributed by atoms with Gasteiger partial charge in [0.15, 0.2) is 0 Å². The normalized spacial score (nSPS) is 20.6. The van der Waals surface area contributed by atoms with Crippen molar-refractivity contribution in [3.63, 3.8) is 0 Å². The quantitative estimate of drug-likeness (QED) is 0.505. The third-order valence-electron chi connectivity index (χ3n) is 8.30. The zero-order chi connectivity index (χ0) is 24.5. The molecule has 36 heavy (non-hydrogen) atoms. The highest BCUT2D eigenvalue weighted by atomic mass is 16.5. The van der Waals surface area contributed by atoms with Crippen molar-refractivity contribution in [3.8, 4) is 11.3 Å². The van der Waals surface area contributed by atoms with E-state index in [1.807, 2.05) is 30.3 Å². The maximum atomic E-state index is 13.1. The van der Waals surface area contributed by atoms with E-state index >= 15 is 0 Å². The molecule has 0 aliphatic carbocycles. The molecule has 8 heteroatoms. The Hall–Kier alpha value is -2.68. The average molecular weight is 489 g/mol. The molecule has 0 saturated carbocycles. The van der Waals surface area contributed by atoms with Crippen LogP contribution in [0.5, 0.6) is 0 Å². The van der Waals surface area contributed by atoms with E-state index in [1.54, 1.807) is 0 Å². The third kappa shape index (κ3) is 4.94. The van der Waals surface area contributed by atoms with E-state index in [1.165, 1.54) is 25.0 Å². The van der Waals surface area contributed by atoms with Crippen molar-refractivity contribution in [2.75, 3.05) is 39.4 Å². The van der Waals surface area contributed by atoms with Crippen LogP contribution in [0.1, 0.15) is 43.5 Å². The van der Waals surface area contributed by atoms with Gasteiger partial charge >= 0.3 is 0 Å². The number of hydrogen-bond acceptors (Lipinski definition) is 7. The molecule has 0 atom stereocenters. The van der Waals surface area contributed by atoms with Crippen molar-refractivity contribution in [2.24, 2.45) is 13.0 Å². The predicted octanol–water partition coefficient (Wildman–Crippen LogP) is 3.24. The van der Waals surface area contributed by atoms with Gasteiger partial charge in [-0.3, -0.25) is 29.2 Å². The summed E-state index contributed by atoms with van der Waals surface area (Å²) in [4.78, 5) is 27.4. The number of hydrogen-bond donors (Lipinski definition) is 0. The van der Waals surface area contributed by atoms with Gasteiger partial charge in [-0.05, 0) is 69.4 Å². The number of ketones is 1. The van der Waals surface area contributed by atoms with Gasteiger partial charge < -0.3 is 4.74 Å². The zero-order valence-electron chi connectivity index (χ0n) is 21.2. The van der Waals surface area contributed by atoms with E-state index in [0.717, 1.165) is 86.5 Å². The summed E-state index contributed by atoms with van der Waals surface area (Å²) in [6.07, 6.45) is 11.8. The number of carbonyl (C=O) groups is 1. The average Bonchev–Trinajstić information content (AvgIpc) is 3.23. The second-order valence-corrected chi connectivity index (χ2v) is 10.7. The van der Waals surface area contributed by atoms with E-state index in [2.05, 4.69) is 32.0 Å². The van der Waals surface area contributed by atoms with Gasteiger partial charge in [-0.15, -0.1) is 0 Å². The molecule has 3 saturated heterocycles. The number of piperidine rings is 2. The van der Waals surface area contributed by atoms with E-state index < -0.39 is 0 Å². The smallest absolute Gasteiger partial charge is 0.142 e. The molecule has 0 aromatic carbocycles. The van der Waals surface area contributed by atoms with Crippen LogP contribution in [0.25, 0.3) is 22.0 Å². The number of nitrogens with zero attached hydrogens (tertiary/aromatic N) is 6. The first-order chi connectivity index (χ1) is 17.6. The van der Waals surface area contributed by atoms with Gasteiger partial charge in [0.05, 0.1) is 36.8 Å². The van der Waals surface area contributed by atoms with Crippen LogP contribution >= 0.6 is 0 Å². The Bertz CT molecular complexity index is 1220. The Balaban J connectivity index is 1.16. The molecule has 8 nitrogen and oxygen atoms in total. The van der Waals surface area contributed by atoms with Gasteiger partial charge in [-0.1, -0.05) is 6.42 Å². The lowest BCUT2D eigenvalue weighted by Crippen LogP contribution is -2.52. The highest BCUT2D eigenvalue weighted by Crippen LogP contribution is 2.28. The largest absolute Gasteiger partial charge is 0.378 e. The Morgan fingerprint density at radius 2 is 1.75 bits per heavy atom. The molecule has 0 radical (unpaired) electrons. The number of aryl methyl sites for hydroxylation is 1. The van der Waals surface area contributed by atoms with Gasteiger partial charge in [0.2, 0.25) is 0 Å². The Labute approximate surface area is 212 Å². The van der Waals surface area contributed by atoms with E-state index in [-0.39, 0.29) is 5.92 Å². The van der Waals surface area contributed by atoms with E-state index in [9.17, 15) is 4.79 Å². The summed E-state index contributed by atoms with van der Waals surface area (Å²) in [6, 6.07) is 4.76. The molecule has 6 rings (SSSR count). The summed E-state index contributed by atoms with van der Waals surface area (Å²) in [7, 11) is 2.02. The minimum absolute atomic E-state index is 0.139. The number of Topliss-reactive ketones (excluding diaryl/α,β-unsaturated/α-hetero) is 1. The topological polar surface area (TPSA) is 76.4 Å². The maximum Gasteiger partial charge on any atom is 0.142 e. The Morgan fingerprint density at radius 1 is 0.972 bits per heavy atom. The van der Waals surface area contributed by atoms with Crippen molar-refractivity contribution in [2.45, 2.75) is 51.1 Å². The van der Waals surface area contributed by atoms with Crippen molar-refractivity contribution in [1.82, 2.24) is 29.5 Å². The summed E-state index contributed by atoms with van der Waals surface area (Å²) in [6.45, 7) is 6.86. The minimum atomic E-state index is 0.139. The molecule has 190 valence electrons. The fourth-order valence-corrected chi connectivity index (χ4v) is 5.86. The number of carbonyl (C=O) groups excluding carboxylic acids is 1. The molecule has 0 N–H and O–H groups in total. The van der Waals surface area contributed by atoms with Crippen molar-refractivity contribution < 1.29 is 9.53 Å². The Kier molecular flexibility index (Phi) is 6.82. The molecule has 3 aromatic rings. The SMILES string of the molecule is Cn1ncc(-c2cc3cc(CC(=O)C4CCN(C5COC5)CC4)ncc3cn2)c1CN1CCCCC1.